The van der Waals surface area contributed by atoms with Gasteiger partial charge in [-0.25, -0.2) is 0 Å². The summed E-state index contributed by atoms with van der Waals surface area (Å²) in [5.41, 5.74) is 2.16. The summed E-state index contributed by atoms with van der Waals surface area (Å²) >= 11 is 0. The van der Waals surface area contributed by atoms with E-state index in [0.717, 1.165) is 17.4 Å². The van der Waals surface area contributed by atoms with Crippen LogP contribution in [-0.2, 0) is 6.42 Å². The van der Waals surface area contributed by atoms with Gasteiger partial charge in [0.15, 0.2) is 0 Å². The Kier molecular flexibility index (Phi) is 8.23. The van der Waals surface area contributed by atoms with Crippen LogP contribution in [0.15, 0.2) is 24.3 Å². The molecule has 1 saturated carbocycles. The zero-order valence-electron chi connectivity index (χ0n) is 14.9. The number of hydrogen-bond acceptors (Lipinski definition) is 1. The number of hydrogen-bond donors (Lipinski definition) is 0. The maximum absolute atomic E-state index is 8.84. The van der Waals surface area contributed by atoms with Crippen molar-refractivity contribution in [3.63, 3.8) is 0 Å². The summed E-state index contributed by atoms with van der Waals surface area (Å²) in [6.45, 7) is 2.29. The Bertz CT molecular complexity index is 460. The largest absolute Gasteiger partial charge is 0.192 e. The lowest BCUT2D eigenvalue weighted by Crippen LogP contribution is -2.15. The molecule has 126 valence electrons. The summed E-state index contributed by atoms with van der Waals surface area (Å²) in [7, 11) is 0. The van der Waals surface area contributed by atoms with Crippen LogP contribution < -0.4 is 0 Å². The highest BCUT2D eigenvalue weighted by Crippen LogP contribution is 2.34. The van der Waals surface area contributed by atoms with Crippen LogP contribution >= 0.6 is 0 Å². The molecule has 0 atom stereocenters. The van der Waals surface area contributed by atoms with Gasteiger partial charge in [0.05, 0.1) is 11.6 Å². The van der Waals surface area contributed by atoms with E-state index < -0.39 is 0 Å². The first-order chi connectivity index (χ1) is 11.3. The van der Waals surface area contributed by atoms with Gasteiger partial charge < -0.3 is 0 Å². The van der Waals surface area contributed by atoms with Crippen molar-refractivity contribution in [2.45, 2.75) is 84.0 Å². The minimum absolute atomic E-state index is 0.771. The fourth-order valence-electron chi connectivity index (χ4n) is 3.96. The maximum atomic E-state index is 8.84. The number of nitrogens with zero attached hydrogens (tertiary/aromatic N) is 1. The van der Waals surface area contributed by atoms with Gasteiger partial charge in [-0.05, 0) is 42.4 Å². The minimum atomic E-state index is 0.771. The predicted molar refractivity (Wildman–Crippen MR) is 98.3 cm³/mol. The first kappa shape index (κ1) is 18.1. The number of nitriles is 1. The molecule has 0 aromatic heterocycles. The van der Waals surface area contributed by atoms with Crippen LogP contribution in [0.25, 0.3) is 0 Å². The normalized spacial score (nSPS) is 21.0. The minimum Gasteiger partial charge on any atom is -0.192 e. The molecule has 0 spiro atoms. The summed E-state index contributed by atoms with van der Waals surface area (Å²) in [5, 5.41) is 8.84. The molecular weight excluding hydrogens is 278 g/mol. The van der Waals surface area contributed by atoms with Gasteiger partial charge in [-0.3, -0.25) is 0 Å². The lowest BCUT2D eigenvalue weighted by Gasteiger charge is -2.28. The second-order valence-electron chi connectivity index (χ2n) is 7.44. The molecule has 0 N–H and O–H groups in total. The smallest absolute Gasteiger partial charge is 0.0991 e. The lowest BCUT2D eigenvalue weighted by molar-refractivity contribution is 0.248. The molecule has 1 aromatic rings. The molecule has 1 aliphatic carbocycles. The number of benzene rings is 1. The predicted octanol–water partition coefficient (Wildman–Crippen LogP) is 6.66. The Hall–Kier alpha value is -1.29. The number of rotatable bonds is 9. The Morgan fingerprint density at radius 1 is 0.870 bits per heavy atom. The van der Waals surface area contributed by atoms with Gasteiger partial charge in [0.25, 0.3) is 0 Å². The zero-order valence-corrected chi connectivity index (χ0v) is 14.9. The summed E-state index contributed by atoms with van der Waals surface area (Å²) in [4.78, 5) is 0. The fraction of sp³-hybridized carbons (Fsp3) is 0.682. The molecule has 0 unspecified atom stereocenters. The molecule has 2 rings (SSSR count). The van der Waals surface area contributed by atoms with Crippen molar-refractivity contribution < 1.29 is 0 Å². The first-order valence-electron chi connectivity index (χ1n) is 9.81. The van der Waals surface area contributed by atoms with E-state index in [4.69, 9.17) is 5.26 Å². The van der Waals surface area contributed by atoms with E-state index in [0.29, 0.717) is 0 Å². The third-order valence-corrected chi connectivity index (χ3v) is 5.61. The average molecular weight is 312 g/mol. The van der Waals surface area contributed by atoms with E-state index in [1.807, 2.05) is 12.1 Å². The summed E-state index contributed by atoms with van der Waals surface area (Å²) in [5.74, 6) is 1.95. The van der Waals surface area contributed by atoms with E-state index in [9.17, 15) is 0 Å². The van der Waals surface area contributed by atoms with Crippen molar-refractivity contribution in [3.05, 3.63) is 35.4 Å². The zero-order chi connectivity index (χ0) is 16.3. The Morgan fingerprint density at radius 3 is 2.09 bits per heavy atom. The molecule has 0 bridgehead atoms. The van der Waals surface area contributed by atoms with Crippen LogP contribution in [0.2, 0.25) is 0 Å². The molecule has 0 amide bonds. The molecule has 0 radical (unpaired) electrons. The quantitative estimate of drug-likeness (QED) is 0.468. The Balaban J connectivity index is 1.58. The van der Waals surface area contributed by atoms with E-state index in [1.165, 1.54) is 82.6 Å². The van der Waals surface area contributed by atoms with Crippen molar-refractivity contribution in [1.29, 1.82) is 5.26 Å². The monoisotopic (exact) mass is 311 g/mol. The van der Waals surface area contributed by atoms with Gasteiger partial charge in [-0.1, -0.05) is 83.3 Å². The topological polar surface area (TPSA) is 23.8 Å². The highest BCUT2D eigenvalue weighted by atomic mass is 14.3. The van der Waals surface area contributed by atoms with Gasteiger partial charge in [-0.2, -0.15) is 5.26 Å². The van der Waals surface area contributed by atoms with E-state index in [-0.39, 0.29) is 0 Å². The first-order valence-corrected chi connectivity index (χ1v) is 9.81. The van der Waals surface area contributed by atoms with Gasteiger partial charge in [0.2, 0.25) is 0 Å². The summed E-state index contributed by atoms with van der Waals surface area (Å²) < 4.78 is 0. The number of aryl methyl sites for hydroxylation is 1. The molecule has 1 fully saturated rings. The van der Waals surface area contributed by atoms with Crippen molar-refractivity contribution in [1.82, 2.24) is 0 Å². The molecular formula is C22H33N. The third-order valence-electron chi connectivity index (χ3n) is 5.61. The molecule has 0 heterocycles. The molecule has 1 heteroatoms. The van der Waals surface area contributed by atoms with Crippen LogP contribution in [-0.4, -0.2) is 0 Å². The second-order valence-corrected chi connectivity index (χ2v) is 7.44. The maximum Gasteiger partial charge on any atom is 0.0991 e. The van der Waals surface area contributed by atoms with Crippen molar-refractivity contribution in [3.8, 4) is 6.07 Å². The Labute approximate surface area is 143 Å². The van der Waals surface area contributed by atoms with Gasteiger partial charge in [0.1, 0.15) is 0 Å². The fourth-order valence-corrected chi connectivity index (χ4v) is 3.96. The van der Waals surface area contributed by atoms with Crippen molar-refractivity contribution in [2.75, 3.05) is 0 Å². The standard InChI is InChI=1S/C22H33N/c1-2-3-4-5-6-7-19-8-10-20(11-9-19)12-13-21-14-16-22(18-23)17-15-21/h14-17,19-20H,2-13H2,1H3/t19-,20-. The molecule has 23 heavy (non-hydrogen) atoms. The lowest BCUT2D eigenvalue weighted by atomic mass is 9.77. The number of unbranched alkanes of at least 4 members (excludes halogenated alkanes) is 4. The Morgan fingerprint density at radius 2 is 1.48 bits per heavy atom. The molecule has 0 saturated heterocycles. The second kappa shape index (κ2) is 10.5. The van der Waals surface area contributed by atoms with Crippen LogP contribution in [0, 0.1) is 23.2 Å². The molecule has 0 aliphatic heterocycles. The highest BCUT2D eigenvalue weighted by molar-refractivity contribution is 5.31. The van der Waals surface area contributed by atoms with Crippen LogP contribution in [0.4, 0.5) is 0 Å². The van der Waals surface area contributed by atoms with E-state index >= 15 is 0 Å². The van der Waals surface area contributed by atoms with E-state index in [2.05, 4.69) is 25.1 Å². The van der Waals surface area contributed by atoms with Gasteiger partial charge in [0, 0.05) is 0 Å². The van der Waals surface area contributed by atoms with Gasteiger partial charge in [-0.15, -0.1) is 0 Å². The molecule has 1 aliphatic rings. The van der Waals surface area contributed by atoms with Crippen molar-refractivity contribution >= 4 is 0 Å². The van der Waals surface area contributed by atoms with Crippen LogP contribution in [0.5, 0.6) is 0 Å². The average Bonchev–Trinajstić information content (AvgIpc) is 2.61. The molecule has 1 aromatic carbocycles. The SMILES string of the molecule is CCCCCCC[C@H]1CC[C@H](CCc2ccc(C#N)cc2)CC1. The van der Waals surface area contributed by atoms with Gasteiger partial charge >= 0.3 is 0 Å². The van der Waals surface area contributed by atoms with E-state index in [1.54, 1.807) is 0 Å². The molecule has 1 nitrogen and oxygen atoms in total. The third kappa shape index (κ3) is 6.78. The summed E-state index contributed by atoms with van der Waals surface area (Å²) in [6, 6.07) is 10.3. The van der Waals surface area contributed by atoms with Crippen LogP contribution in [0.3, 0.4) is 0 Å². The highest BCUT2D eigenvalue weighted by Gasteiger charge is 2.20. The van der Waals surface area contributed by atoms with Crippen LogP contribution in [0.1, 0.15) is 88.7 Å². The van der Waals surface area contributed by atoms with Crippen molar-refractivity contribution in [2.24, 2.45) is 11.8 Å². The summed E-state index contributed by atoms with van der Waals surface area (Å²) in [6.07, 6.45) is 16.9.